The van der Waals surface area contributed by atoms with Crippen LogP contribution in [0.2, 0.25) is 0 Å². The fraction of sp³-hybridized carbons (Fsp3) is 0. The molecule has 282 valence electrons. The van der Waals surface area contributed by atoms with Crippen LogP contribution in [0.1, 0.15) is 0 Å². The average Bonchev–Trinajstić information content (AvgIpc) is 3.85. The molecule has 0 aromatic heterocycles. The molecular weight excluding hydrogens is 745 g/mol. The van der Waals surface area contributed by atoms with Gasteiger partial charge in [-0.1, -0.05) is 182 Å². The Morgan fingerprint density at radius 2 is 0.500 bits per heavy atom. The number of hydrogen-bond acceptors (Lipinski definition) is 0. The largest absolute Gasteiger partial charge is 0.0616 e. The van der Waals surface area contributed by atoms with E-state index in [4.69, 9.17) is 0 Å². The Bertz CT molecular complexity index is 4430. The van der Waals surface area contributed by atoms with Crippen LogP contribution in [0.4, 0.5) is 0 Å². The Morgan fingerprint density at radius 3 is 1.02 bits per heavy atom. The highest BCUT2D eigenvalue weighted by molar-refractivity contribution is 6.48. The molecule has 0 radical (unpaired) electrons. The summed E-state index contributed by atoms with van der Waals surface area (Å²) < 4.78 is 0. The number of rotatable bonds is 2. The van der Waals surface area contributed by atoms with Gasteiger partial charge in [-0.3, -0.25) is 0 Å². The summed E-state index contributed by atoms with van der Waals surface area (Å²) in [6.45, 7) is 0. The van der Waals surface area contributed by atoms with E-state index in [-0.39, 0.29) is 0 Å². The summed E-state index contributed by atoms with van der Waals surface area (Å²) in [6, 6.07) is 78.2. The van der Waals surface area contributed by atoms with Crippen LogP contribution in [0.25, 0.3) is 152 Å². The summed E-state index contributed by atoms with van der Waals surface area (Å²) in [4.78, 5) is 0. The Hall–Kier alpha value is -8.06. The van der Waals surface area contributed by atoms with Crippen LogP contribution in [-0.2, 0) is 0 Å². The summed E-state index contributed by atoms with van der Waals surface area (Å²) in [5.74, 6) is 0. The first kappa shape index (κ1) is 32.8. The molecule has 0 fully saturated rings. The smallest absolute Gasteiger partial charge is 0.00134 e. The number of hydrogen-bond donors (Lipinski definition) is 0. The van der Waals surface area contributed by atoms with Crippen LogP contribution in [0.3, 0.4) is 0 Å². The van der Waals surface area contributed by atoms with E-state index in [2.05, 4.69) is 206 Å². The summed E-state index contributed by atoms with van der Waals surface area (Å²) in [5, 5.41) is 31.4. The zero-order valence-corrected chi connectivity index (χ0v) is 33.6. The maximum absolute atomic E-state index is 2.57. The van der Waals surface area contributed by atoms with Crippen molar-refractivity contribution in [1.82, 2.24) is 0 Å². The molecule has 0 atom stereocenters. The fourth-order valence-corrected chi connectivity index (χ4v) is 11.9. The van der Waals surface area contributed by atoms with E-state index < -0.39 is 0 Å². The molecule has 0 heterocycles. The molecule has 0 unspecified atom stereocenters. The van der Waals surface area contributed by atoms with E-state index in [1.54, 1.807) is 0 Å². The van der Waals surface area contributed by atoms with Gasteiger partial charge in [0.2, 0.25) is 0 Å². The molecule has 0 saturated carbocycles. The molecule has 15 aromatic rings. The van der Waals surface area contributed by atoms with Crippen LogP contribution in [0, 0.1) is 0 Å². The number of benzene rings is 13. The average molecular weight is 779 g/mol. The Kier molecular flexibility index (Phi) is 6.24. The van der Waals surface area contributed by atoms with Crippen molar-refractivity contribution in [2.75, 3.05) is 0 Å². The standard InChI is InChI=1S/C62H34/c1-3-13-41-35(11-1)23-25-37-27-29-39(31-51(37)41)57-46-17-7-8-18-47(46)58(40-30-28-38-26-24-36-12-2-4-14-42(36)52(38)32-40)56-34-54-53(33-55(56)57)48-20-10-21-49-59-44-16-6-5-15-43(44)45-19-9-22-50(60(45)59)62(54)61(48)49/h1-34H. The van der Waals surface area contributed by atoms with Gasteiger partial charge in [0, 0.05) is 0 Å². The van der Waals surface area contributed by atoms with Crippen molar-refractivity contribution < 1.29 is 0 Å². The van der Waals surface area contributed by atoms with Gasteiger partial charge >= 0.3 is 0 Å². The third-order valence-corrected chi connectivity index (χ3v) is 14.4. The van der Waals surface area contributed by atoms with E-state index in [0.29, 0.717) is 0 Å². The minimum Gasteiger partial charge on any atom is -0.0616 e. The molecule has 0 bridgehead atoms. The van der Waals surface area contributed by atoms with Crippen molar-refractivity contribution in [1.29, 1.82) is 0 Å². The molecule has 0 aliphatic carbocycles. The van der Waals surface area contributed by atoms with Gasteiger partial charge in [-0.2, -0.15) is 0 Å². The number of fused-ring (bicyclic) bond motifs is 16. The lowest BCUT2D eigenvalue weighted by atomic mass is 9.84. The molecule has 0 saturated heterocycles. The van der Waals surface area contributed by atoms with E-state index in [1.165, 1.54) is 152 Å². The predicted octanol–water partition coefficient (Wildman–Crippen LogP) is 17.7. The topological polar surface area (TPSA) is 0 Å². The van der Waals surface area contributed by atoms with Crippen LogP contribution < -0.4 is 0 Å². The van der Waals surface area contributed by atoms with Crippen LogP contribution in [-0.4, -0.2) is 0 Å². The molecule has 0 heteroatoms. The second kappa shape index (κ2) is 11.8. The SMILES string of the molecule is c1ccc2c(c1)ccc1ccc(-c3c4ccccc4c(-c4ccc5ccc6ccccc6c5c4)c4cc5c(cc34)c3cccc4c6c7ccccc7c7cccc(c76)c5c34)cc12. The highest BCUT2D eigenvalue weighted by Gasteiger charge is 2.24. The summed E-state index contributed by atoms with van der Waals surface area (Å²) in [6.07, 6.45) is 0. The quantitative estimate of drug-likeness (QED) is 0.121. The molecule has 0 N–H and O–H groups in total. The third kappa shape index (κ3) is 4.16. The zero-order chi connectivity index (χ0) is 40.2. The molecule has 0 aliphatic rings. The monoisotopic (exact) mass is 778 g/mol. The fourth-order valence-electron chi connectivity index (χ4n) is 11.9. The highest BCUT2D eigenvalue weighted by Crippen LogP contribution is 2.53. The van der Waals surface area contributed by atoms with E-state index in [0.717, 1.165) is 0 Å². The van der Waals surface area contributed by atoms with Gasteiger partial charge in [-0.15, -0.1) is 0 Å². The van der Waals surface area contributed by atoms with Gasteiger partial charge < -0.3 is 0 Å². The van der Waals surface area contributed by atoms with Crippen molar-refractivity contribution in [2.45, 2.75) is 0 Å². The molecule has 62 heavy (non-hydrogen) atoms. The Morgan fingerprint density at radius 1 is 0.161 bits per heavy atom. The predicted molar refractivity (Wildman–Crippen MR) is 270 cm³/mol. The van der Waals surface area contributed by atoms with Crippen molar-refractivity contribution in [2.24, 2.45) is 0 Å². The van der Waals surface area contributed by atoms with Crippen LogP contribution >= 0.6 is 0 Å². The van der Waals surface area contributed by atoms with E-state index >= 15 is 0 Å². The summed E-state index contributed by atoms with van der Waals surface area (Å²) in [5.41, 5.74) is 5.05. The molecule has 15 aromatic carbocycles. The Labute approximate surface area is 356 Å². The minimum absolute atomic E-state index is 1.24. The van der Waals surface area contributed by atoms with Gasteiger partial charge in [0.05, 0.1) is 0 Å². The van der Waals surface area contributed by atoms with Gasteiger partial charge in [0.25, 0.3) is 0 Å². The lowest BCUT2D eigenvalue weighted by Gasteiger charge is -2.19. The first-order valence-corrected chi connectivity index (χ1v) is 21.7. The van der Waals surface area contributed by atoms with E-state index in [1.807, 2.05) is 0 Å². The minimum atomic E-state index is 1.24. The van der Waals surface area contributed by atoms with Gasteiger partial charge in [0.1, 0.15) is 0 Å². The van der Waals surface area contributed by atoms with Gasteiger partial charge in [0.15, 0.2) is 0 Å². The molecule has 0 spiro atoms. The van der Waals surface area contributed by atoms with Crippen molar-refractivity contribution in [3.05, 3.63) is 206 Å². The molecule has 15 rings (SSSR count). The molecule has 0 nitrogen and oxygen atoms in total. The van der Waals surface area contributed by atoms with Gasteiger partial charge in [-0.05, 0) is 176 Å². The molecule has 0 aliphatic heterocycles. The Balaban J connectivity index is 1.16. The van der Waals surface area contributed by atoms with Crippen molar-refractivity contribution >= 4 is 129 Å². The highest BCUT2D eigenvalue weighted by atomic mass is 14.3. The van der Waals surface area contributed by atoms with Crippen LogP contribution in [0.15, 0.2) is 206 Å². The third-order valence-electron chi connectivity index (χ3n) is 14.4. The molecule has 0 amide bonds. The normalized spacial score (nSPS) is 12.5. The van der Waals surface area contributed by atoms with E-state index in [9.17, 15) is 0 Å². The first-order valence-electron chi connectivity index (χ1n) is 21.7. The van der Waals surface area contributed by atoms with Crippen molar-refractivity contribution in [3.8, 4) is 22.3 Å². The lowest BCUT2D eigenvalue weighted by molar-refractivity contribution is 1.70. The van der Waals surface area contributed by atoms with Crippen LogP contribution in [0.5, 0.6) is 0 Å². The molecular formula is C62H34. The summed E-state index contributed by atoms with van der Waals surface area (Å²) in [7, 11) is 0. The summed E-state index contributed by atoms with van der Waals surface area (Å²) >= 11 is 0. The maximum Gasteiger partial charge on any atom is -0.00134 e. The van der Waals surface area contributed by atoms with Gasteiger partial charge in [-0.25, -0.2) is 0 Å². The zero-order valence-electron chi connectivity index (χ0n) is 33.6. The second-order valence-corrected chi connectivity index (χ2v) is 17.4. The second-order valence-electron chi connectivity index (χ2n) is 17.4. The first-order chi connectivity index (χ1) is 30.8. The van der Waals surface area contributed by atoms with Crippen molar-refractivity contribution in [3.63, 3.8) is 0 Å². The lowest BCUT2D eigenvalue weighted by Crippen LogP contribution is -1.92. The maximum atomic E-state index is 2.57.